The molecule has 3 nitrogen and oxygen atoms in total. The lowest BCUT2D eigenvalue weighted by Gasteiger charge is -2.08. The first kappa shape index (κ1) is 11.0. The van der Waals surface area contributed by atoms with Gasteiger partial charge in [-0.05, 0) is 25.3 Å². The van der Waals surface area contributed by atoms with E-state index >= 15 is 0 Å². The van der Waals surface area contributed by atoms with E-state index in [1.807, 2.05) is 13.0 Å². The molecule has 0 aromatic carbocycles. The number of aromatic nitrogens is 1. The molecule has 0 amide bonds. The molecule has 78 valence electrons. The van der Waals surface area contributed by atoms with E-state index in [1.165, 1.54) is 0 Å². The molecule has 0 radical (unpaired) electrons. The molecule has 14 heavy (non-hydrogen) atoms. The molecule has 0 spiro atoms. The van der Waals surface area contributed by atoms with E-state index in [0.717, 1.165) is 19.3 Å². The van der Waals surface area contributed by atoms with Gasteiger partial charge in [-0.1, -0.05) is 13.0 Å². The third kappa shape index (κ3) is 3.34. The Morgan fingerprint density at radius 2 is 2.29 bits per heavy atom. The molecule has 0 aliphatic rings. The second-order valence-corrected chi connectivity index (χ2v) is 3.44. The van der Waals surface area contributed by atoms with Gasteiger partial charge in [0.05, 0.1) is 6.10 Å². The van der Waals surface area contributed by atoms with Crippen molar-refractivity contribution in [2.24, 2.45) is 0 Å². The predicted molar refractivity (Wildman–Crippen MR) is 56.2 cm³/mol. The third-order valence-corrected chi connectivity index (χ3v) is 2.31. The van der Waals surface area contributed by atoms with Crippen molar-refractivity contribution in [1.82, 2.24) is 4.57 Å². The van der Waals surface area contributed by atoms with Crippen LogP contribution in [0.1, 0.15) is 26.2 Å². The van der Waals surface area contributed by atoms with Crippen LogP contribution in [-0.4, -0.2) is 15.8 Å². The molecule has 0 aliphatic heterocycles. The van der Waals surface area contributed by atoms with Gasteiger partial charge < -0.3 is 9.67 Å². The van der Waals surface area contributed by atoms with E-state index in [9.17, 15) is 9.90 Å². The van der Waals surface area contributed by atoms with Crippen LogP contribution < -0.4 is 5.56 Å². The Kier molecular flexibility index (Phi) is 4.40. The van der Waals surface area contributed by atoms with Crippen molar-refractivity contribution < 1.29 is 5.11 Å². The van der Waals surface area contributed by atoms with Crippen LogP contribution in [0.5, 0.6) is 0 Å². The summed E-state index contributed by atoms with van der Waals surface area (Å²) < 4.78 is 1.67. The van der Waals surface area contributed by atoms with Crippen molar-refractivity contribution in [3.8, 4) is 0 Å². The van der Waals surface area contributed by atoms with Crippen molar-refractivity contribution in [2.75, 3.05) is 0 Å². The smallest absolute Gasteiger partial charge is 0.250 e. The van der Waals surface area contributed by atoms with E-state index in [-0.39, 0.29) is 11.7 Å². The molecule has 1 unspecified atom stereocenters. The van der Waals surface area contributed by atoms with Crippen LogP contribution in [0.15, 0.2) is 29.2 Å². The summed E-state index contributed by atoms with van der Waals surface area (Å²) in [6.07, 6.45) is 3.94. The fourth-order valence-electron chi connectivity index (χ4n) is 1.35. The van der Waals surface area contributed by atoms with Crippen LogP contribution in [0.4, 0.5) is 0 Å². The van der Waals surface area contributed by atoms with Gasteiger partial charge in [0.25, 0.3) is 0 Å². The standard InChI is InChI=1S/C11H17NO2/c1-2-10(13)6-5-9-12-8-4-3-7-11(12)14/h3-4,7-8,10,13H,2,5-6,9H2,1H3. The Hall–Kier alpha value is -1.09. The highest BCUT2D eigenvalue weighted by molar-refractivity contribution is 4.92. The molecule has 0 bridgehead atoms. The Morgan fingerprint density at radius 3 is 2.93 bits per heavy atom. The summed E-state index contributed by atoms with van der Waals surface area (Å²) in [5, 5.41) is 9.32. The topological polar surface area (TPSA) is 42.2 Å². The number of pyridine rings is 1. The highest BCUT2D eigenvalue weighted by atomic mass is 16.3. The van der Waals surface area contributed by atoms with Crippen LogP contribution in [-0.2, 0) is 6.54 Å². The van der Waals surface area contributed by atoms with Crippen LogP contribution in [0, 0.1) is 0 Å². The molecule has 1 aromatic rings. The first-order chi connectivity index (χ1) is 6.74. The number of nitrogens with zero attached hydrogens (tertiary/aromatic N) is 1. The summed E-state index contributed by atoms with van der Waals surface area (Å²) in [6.45, 7) is 2.65. The number of aryl methyl sites for hydroxylation is 1. The molecule has 0 saturated carbocycles. The zero-order valence-corrected chi connectivity index (χ0v) is 8.52. The first-order valence-corrected chi connectivity index (χ1v) is 5.07. The zero-order valence-electron chi connectivity index (χ0n) is 8.52. The van der Waals surface area contributed by atoms with E-state index in [1.54, 1.807) is 22.9 Å². The van der Waals surface area contributed by atoms with Gasteiger partial charge in [-0.3, -0.25) is 4.79 Å². The predicted octanol–water partition coefficient (Wildman–Crippen LogP) is 1.40. The average Bonchev–Trinajstić information content (AvgIpc) is 2.20. The maximum absolute atomic E-state index is 11.3. The van der Waals surface area contributed by atoms with E-state index in [2.05, 4.69) is 0 Å². The summed E-state index contributed by atoms with van der Waals surface area (Å²) in [6, 6.07) is 5.13. The Labute approximate surface area is 84.0 Å². The molecule has 1 atom stereocenters. The van der Waals surface area contributed by atoms with E-state index in [0.29, 0.717) is 6.54 Å². The minimum Gasteiger partial charge on any atom is -0.393 e. The second kappa shape index (κ2) is 5.60. The third-order valence-electron chi connectivity index (χ3n) is 2.31. The Balaban J connectivity index is 2.39. The highest BCUT2D eigenvalue weighted by Crippen LogP contribution is 2.01. The van der Waals surface area contributed by atoms with Crippen molar-refractivity contribution >= 4 is 0 Å². The lowest BCUT2D eigenvalue weighted by atomic mass is 10.1. The van der Waals surface area contributed by atoms with E-state index in [4.69, 9.17) is 0 Å². The van der Waals surface area contributed by atoms with Gasteiger partial charge in [0, 0.05) is 18.8 Å². The van der Waals surface area contributed by atoms with Crippen molar-refractivity contribution in [1.29, 1.82) is 0 Å². The van der Waals surface area contributed by atoms with Crippen molar-refractivity contribution in [3.63, 3.8) is 0 Å². The van der Waals surface area contributed by atoms with Crippen LogP contribution in [0.25, 0.3) is 0 Å². The highest BCUT2D eigenvalue weighted by Gasteiger charge is 2.00. The van der Waals surface area contributed by atoms with E-state index < -0.39 is 0 Å². The molecule has 1 rings (SSSR count). The number of aliphatic hydroxyl groups excluding tert-OH is 1. The number of aliphatic hydroxyl groups is 1. The first-order valence-electron chi connectivity index (χ1n) is 5.07. The molecule has 3 heteroatoms. The summed E-state index contributed by atoms with van der Waals surface area (Å²) in [4.78, 5) is 11.3. The molecule has 0 aliphatic carbocycles. The monoisotopic (exact) mass is 195 g/mol. The molecule has 0 saturated heterocycles. The number of rotatable bonds is 5. The fraction of sp³-hybridized carbons (Fsp3) is 0.545. The summed E-state index contributed by atoms with van der Waals surface area (Å²) in [5.74, 6) is 0. The largest absolute Gasteiger partial charge is 0.393 e. The second-order valence-electron chi connectivity index (χ2n) is 3.44. The fourth-order valence-corrected chi connectivity index (χ4v) is 1.35. The van der Waals surface area contributed by atoms with Gasteiger partial charge in [-0.25, -0.2) is 0 Å². The minimum atomic E-state index is -0.227. The summed E-state index contributed by atoms with van der Waals surface area (Å²) in [7, 11) is 0. The Bertz CT molecular complexity index is 319. The quantitative estimate of drug-likeness (QED) is 0.771. The van der Waals surface area contributed by atoms with Gasteiger partial charge in [0.2, 0.25) is 5.56 Å². The van der Waals surface area contributed by atoms with Crippen molar-refractivity contribution in [2.45, 2.75) is 38.8 Å². The summed E-state index contributed by atoms with van der Waals surface area (Å²) in [5.41, 5.74) is 0.0264. The van der Waals surface area contributed by atoms with Gasteiger partial charge in [0.15, 0.2) is 0 Å². The minimum absolute atomic E-state index is 0.0264. The molecular weight excluding hydrogens is 178 g/mol. The maximum Gasteiger partial charge on any atom is 0.250 e. The maximum atomic E-state index is 11.3. The lowest BCUT2D eigenvalue weighted by molar-refractivity contribution is 0.155. The zero-order chi connectivity index (χ0) is 10.4. The van der Waals surface area contributed by atoms with Crippen LogP contribution in [0.3, 0.4) is 0 Å². The average molecular weight is 195 g/mol. The number of hydrogen-bond acceptors (Lipinski definition) is 2. The van der Waals surface area contributed by atoms with Gasteiger partial charge >= 0.3 is 0 Å². The molecule has 1 aromatic heterocycles. The SMILES string of the molecule is CCC(O)CCCn1ccccc1=O. The van der Waals surface area contributed by atoms with Gasteiger partial charge in [-0.2, -0.15) is 0 Å². The Morgan fingerprint density at radius 1 is 1.50 bits per heavy atom. The van der Waals surface area contributed by atoms with Gasteiger partial charge in [-0.15, -0.1) is 0 Å². The normalized spacial score (nSPS) is 12.7. The number of hydrogen-bond donors (Lipinski definition) is 1. The molecule has 1 N–H and O–H groups in total. The lowest BCUT2D eigenvalue weighted by Crippen LogP contribution is -2.18. The van der Waals surface area contributed by atoms with Gasteiger partial charge in [0.1, 0.15) is 0 Å². The molecular formula is C11H17NO2. The summed E-state index contributed by atoms with van der Waals surface area (Å²) >= 11 is 0. The van der Waals surface area contributed by atoms with Crippen molar-refractivity contribution in [3.05, 3.63) is 34.7 Å². The van der Waals surface area contributed by atoms with Crippen LogP contribution in [0.2, 0.25) is 0 Å². The molecule has 0 fully saturated rings. The molecule has 1 heterocycles. The van der Waals surface area contributed by atoms with Crippen LogP contribution >= 0.6 is 0 Å².